The Kier molecular flexibility index (Phi) is 5.40. The number of anilines is 2. The van der Waals surface area contributed by atoms with Gasteiger partial charge in [0.25, 0.3) is 5.91 Å². The molecule has 1 aromatic heterocycles. The van der Waals surface area contributed by atoms with Gasteiger partial charge in [-0.25, -0.2) is 4.98 Å². The lowest BCUT2D eigenvalue weighted by Crippen LogP contribution is -2.48. The zero-order valence-corrected chi connectivity index (χ0v) is 14.8. The van der Waals surface area contributed by atoms with Crippen LogP contribution in [0.5, 0.6) is 0 Å². The van der Waals surface area contributed by atoms with Gasteiger partial charge in [0, 0.05) is 43.6 Å². The normalized spacial score (nSPS) is 14.3. The minimum Gasteiger partial charge on any atom is -0.342 e. The van der Waals surface area contributed by atoms with Gasteiger partial charge in [-0.1, -0.05) is 23.2 Å². The molecule has 0 radical (unpaired) electrons. The van der Waals surface area contributed by atoms with Crippen LogP contribution >= 0.6 is 23.2 Å². The van der Waals surface area contributed by atoms with Crippen molar-refractivity contribution >= 4 is 47.0 Å². The van der Waals surface area contributed by atoms with Crippen LogP contribution in [-0.2, 0) is 4.79 Å². The van der Waals surface area contributed by atoms with Gasteiger partial charge in [-0.15, -0.1) is 0 Å². The molecule has 8 heteroatoms. The third kappa shape index (κ3) is 4.21. The number of halogens is 2. The van der Waals surface area contributed by atoms with Gasteiger partial charge >= 0.3 is 0 Å². The summed E-state index contributed by atoms with van der Waals surface area (Å²) >= 11 is 11.9. The maximum absolute atomic E-state index is 12.6. The van der Waals surface area contributed by atoms with Crippen LogP contribution in [-0.4, -0.2) is 53.3 Å². The smallest absolute Gasteiger partial charge is 0.254 e. The SMILES string of the molecule is O=CN1CCN(C(=O)c2ccnc(Nc3ccc(Cl)c(Cl)c3)c2)CC1. The van der Waals surface area contributed by atoms with E-state index in [4.69, 9.17) is 23.2 Å². The number of nitrogens with one attached hydrogen (secondary N) is 1. The number of benzene rings is 1. The number of rotatable bonds is 4. The monoisotopic (exact) mass is 378 g/mol. The van der Waals surface area contributed by atoms with E-state index in [-0.39, 0.29) is 5.91 Å². The summed E-state index contributed by atoms with van der Waals surface area (Å²) in [7, 11) is 0. The molecular weight excluding hydrogens is 363 g/mol. The summed E-state index contributed by atoms with van der Waals surface area (Å²) in [5, 5.41) is 4.01. The fourth-order valence-electron chi connectivity index (χ4n) is 2.57. The van der Waals surface area contributed by atoms with Gasteiger partial charge < -0.3 is 15.1 Å². The zero-order valence-electron chi connectivity index (χ0n) is 13.3. The maximum atomic E-state index is 12.6. The molecule has 0 aliphatic carbocycles. The van der Waals surface area contributed by atoms with Crippen molar-refractivity contribution in [3.63, 3.8) is 0 Å². The molecule has 130 valence electrons. The fraction of sp³-hybridized carbons (Fsp3) is 0.235. The largest absolute Gasteiger partial charge is 0.342 e. The number of carbonyl (C=O) groups is 2. The summed E-state index contributed by atoms with van der Waals surface area (Å²) < 4.78 is 0. The van der Waals surface area contributed by atoms with Crippen LogP contribution in [0.25, 0.3) is 0 Å². The molecule has 0 unspecified atom stereocenters. The summed E-state index contributed by atoms with van der Waals surface area (Å²) in [6.07, 6.45) is 2.39. The Morgan fingerprint density at radius 2 is 1.84 bits per heavy atom. The molecule has 0 bridgehead atoms. The molecule has 2 aromatic rings. The molecule has 1 aliphatic rings. The zero-order chi connectivity index (χ0) is 17.8. The molecule has 0 saturated carbocycles. The van der Waals surface area contributed by atoms with Crippen molar-refractivity contribution in [3.8, 4) is 0 Å². The molecule has 1 aromatic carbocycles. The number of hydrogen-bond donors (Lipinski definition) is 1. The number of nitrogens with zero attached hydrogens (tertiary/aromatic N) is 3. The average Bonchev–Trinajstić information content (AvgIpc) is 2.64. The number of pyridine rings is 1. The molecule has 2 heterocycles. The third-order valence-corrected chi connectivity index (χ3v) is 4.69. The average molecular weight is 379 g/mol. The van der Waals surface area contributed by atoms with Crippen molar-refractivity contribution in [2.24, 2.45) is 0 Å². The Hall–Kier alpha value is -2.31. The number of carbonyl (C=O) groups excluding carboxylic acids is 2. The number of amides is 2. The number of aromatic nitrogens is 1. The standard InChI is InChI=1S/C17H16Cl2N4O2/c18-14-2-1-13(10-15(14)19)21-16-9-12(3-4-20-16)17(25)23-7-5-22(11-24)6-8-23/h1-4,9-11H,5-8H2,(H,20,21). The third-order valence-electron chi connectivity index (χ3n) is 3.95. The van der Waals surface area contributed by atoms with Gasteiger partial charge in [0.1, 0.15) is 5.82 Å². The van der Waals surface area contributed by atoms with Crippen molar-refractivity contribution in [1.82, 2.24) is 14.8 Å². The van der Waals surface area contributed by atoms with Crippen LogP contribution < -0.4 is 5.32 Å². The summed E-state index contributed by atoms with van der Waals surface area (Å²) in [5.74, 6) is 0.459. The topological polar surface area (TPSA) is 65.5 Å². The molecule has 3 rings (SSSR count). The first-order valence-electron chi connectivity index (χ1n) is 7.73. The highest BCUT2D eigenvalue weighted by molar-refractivity contribution is 6.42. The maximum Gasteiger partial charge on any atom is 0.254 e. The summed E-state index contributed by atoms with van der Waals surface area (Å²) in [4.78, 5) is 31.0. The lowest BCUT2D eigenvalue weighted by molar-refractivity contribution is -0.119. The van der Waals surface area contributed by atoms with Gasteiger partial charge in [-0.05, 0) is 30.3 Å². The molecule has 0 atom stereocenters. The van der Waals surface area contributed by atoms with Gasteiger partial charge in [0.05, 0.1) is 10.0 Å². The second kappa shape index (κ2) is 7.72. The number of piperazine rings is 1. The van der Waals surface area contributed by atoms with Gasteiger partial charge in [0.2, 0.25) is 6.41 Å². The van der Waals surface area contributed by atoms with Crippen molar-refractivity contribution < 1.29 is 9.59 Å². The van der Waals surface area contributed by atoms with E-state index in [9.17, 15) is 9.59 Å². The molecule has 25 heavy (non-hydrogen) atoms. The summed E-state index contributed by atoms with van der Waals surface area (Å²) in [6.45, 7) is 2.15. The second-order valence-electron chi connectivity index (χ2n) is 5.62. The van der Waals surface area contributed by atoms with Crippen molar-refractivity contribution in [3.05, 3.63) is 52.1 Å². The summed E-state index contributed by atoms with van der Waals surface area (Å²) in [6, 6.07) is 8.53. The Balaban J connectivity index is 1.71. The van der Waals surface area contributed by atoms with E-state index in [1.54, 1.807) is 46.3 Å². The Bertz CT molecular complexity index is 792. The molecule has 0 spiro atoms. The molecule has 6 nitrogen and oxygen atoms in total. The van der Waals surface area contributed by atoms with Crippen LogP contribution in [0.2, 0.25) is 10.0 Å². The molecule has 2 amide bonds. The molecular formula is C17H16Cl2N4O2. The Labute approximate surface area is 155 Å². The highest BCUT2D eigenvalue weighted by atomic mass is 35.5. The van der Waals surface area contributed by atoms with Gasteiger partial charge in [0.15, 0.2) is 0 Å². The van der Waals surface area contributed by atoms with Crippen molar-refractivity contribution in [2.75, 3.05) is 31.5 Å². The van der Waals surface area contributed by atoms with E-state index in [1.807, 2.05) is 0 Å². The van der Waals surface area contributed by atoms with E-state index in [2.05, 4.69) is 10.3 Å². The molecule has 1 N–H and O–H groups in total. The molecule has 1 fully saturated rings. The minimum absolute atomic E-state index is 0.0786. The van der Waals surface area contributed by atoms with Crippen LogP contribution in [0.3, 0.4) is 0 Å². The Morgan fingerprint density at radius 3 is 2.52 bits per heavy atom. The Morgan fingerprint density at radius 1 is 1.08 bits per heavy atom. The fourth-order valence-corrected chi connectivity index (χ4v) is 2.86. The first-order valence-corrected chi connectivity index (χ1v) is 8.49. The van der Waals surface area contributed by atoms with E-state index in [0.717, 1.165) is 12.1 Å². The van der Waals surface area contributed by atoms with E-state index >= 15 is 0 Å². The van der Waals surface area contributed by atoms with E-state index in [1.165, 1.54) is 0 Å². The van der Waals surface area contributed by atoms with Crippen LogP contribution in [0, 0.1) is 0 Å². The molecule has 1 saturated heterocycles. The highest BCUT2D eigenvalue weighted by Crippen LogP contribution is 2.26. The predicted molar refractivity (Wildman–Crippen MR) is 97.5 cm³/mol. The van der Waals surface area contributed by atoms with Crippen LogP contribution in [0.4, 0.5) is 11.5 Å². The van der Waals surface area contributed by atoms with E-state index < -0.39 is 0 Å². The molecule has 1 aliphatic heterocycles. The first-order chi connectivity index (χ1) is 12.1. The number of hydrogen-bond acceptors (Lipinski definition) is 4. The predicted octanol–water partition coefficient (Wildman–Crippen LogP) is 3.05. The van der Waals surface area contributed by atoms with Crippen molar-refractivity contribution in [1.29, 1.82) is 0 Å². The van der Waals surface area contributed by atoms with Crippen LogP contribution in [0.1, 0.15) is 10.4 Å². The highest BCUT2D eigenvalue weighted by Gasteiger charge is 2.21. The van der Waals surface area contributed by atoms with Crippen molar-refractivity contribution in [2.45, 2.75) is 0 Å². The lowest BCUT2D eigenvalue weighted by Gasteiger charge is -2.32. The quantitative estimate of drug-likeness (QED) is 0.830. The minimum atomic E-state index is -0.0786. The van der Waals surface area contributed by atoms with Crippen LogP contribution in [0.15, 0.2) is 36.5 Å². The second-order valence-corrected chi connectivity index (χ2v) is 6.43. The summed E-state index contributed by atoms with van der Waals surface area (Å²) in [5.41, 5.74) is 1.27. The van der Waals surface area contributed by atoms with Gasteiger partial charge in [-0.3, -0.25) is 9.59 Å². The first kappa shape index (κ1) is 17.5. The van der Waals surface area contributed by atoms with E-state index in [0.29, 0.717) is 47.6 Å². The van der Waals surface area contributed by atoms with Gasteiger partial charge in [-0.2, -0.15) is 0 Å². The lowest BCUT2D eigenvalue weighted by atomic mass is 10.2.